The van der Waals surface area contributed by atoms with Gasteiger partial charge in [-0.05, 0) is 0 Å². The highest BCUT2D eigenvalue weighted by atomic mass is 16.8. The van der Waals surface area contributed by atoms with E-state index in [0.29, 0.717) is 0 Å². The number of hydrogen-bond acceptors (Lipinski definition) is 7. The Kier molecular flexibility index (Phi) is 3.83. The molecule has 1 fully saturated rings. The molecule has 0 radical (unpaired) electrons. The number of aliphatic hydroxyl groups is 3. The molecule has 1 aliphatic heterocycles. The maximum atomic E-state index is 10.2. The Morgan fingerprint density at radius 3 is 2.13 bits per heavy atom. The summed E-state index contributed by atoms with van der Waals surface area (Å²) in [5, 5.41) is 36.2. The summed E-state index contributed by atoms with van der Waals surface area (Å²) >= 11 is 0. The first-order chi connectivity index (χ1) is 6.97. The van der Waals surface area contributed by atoms with Crippen LogP contribution in [0.1, 0.15) is 0 Å². The number of methoxy groups -OCH3 is 1. The Balaban J connectivity index is 2.69. The summed E-state index contributed by atoms with van der Waals surface area (Å²) in [6.45, 7) is 0. The molecule has 1 aliphatic rings. The van der Waals surface area contributed by atoms with Gasteiger partial charge < -0.3 is 34.6 Å². The first kappa shape index (κ1) is 12.1. The molecule has 0 aliphatic carbocycles. The molecule has 0 saturated carbocycles. The number of carbonyl (C=O) groups is 1. The van der Waals surface area contributed by atoms with Gasteiger partial charge in [-0.15, -0.1) is 0 Å². The van der Waals surface area contributed by atoms with Gasteiger partial charge in [-0.25, -0.2) is 4.79 Å². The Morgan fingerprint density at radius 2 is 1.67 bits per heavy atom. The Hall–Kier alpha value is -0.930. The van der Waals surface area contributed by atoms with Crippen LogP contribution in [0.25, 0.3) is 0 Å². The normalized spacial score (nSPS) is 41.2. The van der Waals surface area contributed by atoms with Crippen LogP contribution in [0.4, 0.5) is 4.79 Å². The molecule has 0 aromatic rings. The summed E-state index contributed by atoms with van der Waals surface area (Å²) in [4.78, 5) is 10.2. The van der Waals surface area contributed by atoms with E-state index in [9.17, 15) is 20.1 Å². The van der Waals surface area contributed by atoms with Crippen molar-refractivity contribution in [2.45, 2.75) is 30.9 Å². The molecule has 0 aromatic heterocycles. The van der Waals surface area contributed by atoms with Crippen molar-refractivity contribution in [2.24, 2.45) is 0 Å². The van der Waals surface area contributed by atoms with Crippen molar-refractivity contribution in [3.63, 3.8) is 0 Å². The molecule has 0 aromatic carbocycles. The number of carboxylic acid groups (broad SMARTS) is 1. The molecule has 8 heteroatoms. The number of aliphatic hydroxyl groups excluding tert-OH is 3. The first-order valence-corrected chi connectivity index (χ1v) is 4.09. The lowest BCUT2D eigenvalue weighted by Crippen LogP contribution is -2.58. The Morgan fingerprint density at radius 1 is 1.13 bits per heavy atom. The molecular weight excluding hydrogens is 212 g/mol. The topological polar surface area (TPSA) is 126 Å². The Bertz CT molecular complexity index is 229. The van der Waals surface area contributed by atoms with Gasteiger partial charge in [0.25, 0.3) is 0 Å². The van der Waals surface area contributed by atoms with Crippen LogP contribution in [0.3, 0.4) is 0 Å². The average molecular weight is 224 g/mol. The highest BCUT2D eigenvalue weighted by Gasteiger charge is 2.45. The maximum Gasteiger partial charge on any atom is 0.508 e. The summed E-state index contributed by atoms with van der Waals surface area (Å²) in [5.74, 6) is 0. The van der Waals surface area contributed by atoms with Crippen LogP contribution in [-0.2, 0) is 14.2 Å². The minimum atomic E-state index is -1.67. The second kappa shape index (κ2) is 4.73. The van der Waals surface area contributed by atoms with Crippen LogP contribution in [0.2, 0.25) is 0 Å². The lowest BCUT2D eigenvalue weighted by Gasteiger charge is -2.38. The lowest BCUT2D eigenvalue weighted by atomic mass is 10.0. The predicted octanol–water partition coefficient (Wildman–Crippen LogP) is -1.91. The second-order valence-corrected chi connectivity index (χ2v) is 2.96. The number of hydrogen-bond donors (Lipinski definition) is 4. The molecule has 5 atom stereocenters. The van der Waals surface area contributed by atoms with Crippen LogP contribution in [-0.4, -0.2) is 64.6 Å². The van der Waals surface area contributed by atoms with E-state index in [2.05, 4.69) is 9.47 Å². The average Bonchev–Trinajstić information content (AvgIpc) is 2.18. The van der Waals surface area contributed by atoms with Crippen molar-refractivity contribution >= 4 is 6.16 Å². The predicted molar refractivity (Wildman–Crippen MR) is 42.8 cm³/mol. The van der Waals surface area contributed by atoms with Gasteiger partial charge in [0.2, 0.25) is 6.29 Å². The minimum Gasteiger partial charge on any atom is -0.450 e. The van der Waals surface area contributed by atoms with E-state index in [1.807, 2.05) is 0 Å². The van der Waals surface area contributed by atoms with E-state index < -0.39 is 37.0 Å². The quantitative estimate of drug-likeness (QED) is 0.400. The molecule has 88 valence electrons. The largest absolute Gasteiger partial charge is 0.508 e. The fourth-order valence-corrected chi connectivity index (χ4v) is 1.21. The fourth-order valence-electron chi connectivity index (χ4n) is 1.21. The summed E-state index contributed by atoms with van der Waals surface area (Å²) in [6.07, 6.45) is -9.26. The number of ether oxygens (including phenoxy) is 3. The molecule has 8 nitrogen and oxygen atoms in total. The molecule has 1 saturated heterocycles. The summed E-state index contributed by atoms with van der Waals surface area (Å²) < 4.78 is 13.5. The number of rotatable bonds is 2. The molecule has 0 bridgehead atoms. The van der Waals surface area contributed by atoms with Crippen LogP contribution in [0, 0.1) is 0 Å². The van der Waals surface area contributed by atoms with Crippen molar-refractivity contribution in [3.8, 4) is 0 Å². The zero-order valence-electron chi connectivity index (χ0n) is 7.81. The lowest BCUT2D eigenvalue weighted by molar-refractivity contribution is -0.335. The van der Waals surface area contributed by atoms with Gasteiger partial charge in [-0.1, -0.05) is 0 Å². The van der Waals surface area contributed by atoms with Crippen molar-refractivity contribution < 1.29 is 39.4 Å². The zero-order valence-corrected chi connectivity index (χ0v) is 7.81. The van der Waals surface area contributed by atoms with Crippen LogP contribution in [0.5, 0.6) is 0 Å². The monoisotopic (exact) mass is 224 g/mol. The molecule has 0 amide bonds. The summed E-state index contributed by atoms with van der Waals surface area (Å²) in [5.41, 5.74) is 0. The Labute approximate surface area is 84.6 Å². The third kappa shape index (κ3) is 2.55. The third-order valence-corrected chi connectivity index (χ3v) is 1.98. The summed E-state index contributed by atoms with van der Waals surface area (Å²) in [6, 6.07) is 0. The smallest absolute Gasteiger partial charge is 0.450 e. The fraction of sp³-hybridized carbons (Fsp3) is 0.857. The van der Waals surface area contributed by atoms with Gasteiger partial charge in [0.15, 0.2) is 6.29 Å². The van der Waals surface area contributed by atoms with E-state index in [1.165, 1.54) is 7.11 Å². The van der Waals surface area contributed by atoms with Crippen molar-refractivity contribution in [1.82, 2.24) is 0 Å². The van der Waals surface area contributed by atoms with Gasteiger partial charge >= 0.3 is 6.16 Å². The van der Waals surface area contributed by atoms with Gasteiger partial charge in [-0.2, -0.15) is 0 Å². The van der Waals surface area contributed by atoms with Crippen LogP contribution < -0.4 is 0 Å². The molecule has 15 heavy (non-hydrogen) atoms. The van der Waals surface area contributed by atoms with E-state index in [1.54, 1.807) is 0 Å². The molecule has 4 N–H and O–H groups in total. The summed E-state index contributed by atoms with van der Waals surface area (Å²) in [7, 11) is 1.19. The first-order valence-electron chi connectivity index (χ1n) is 4.09. The van der Waals surface area contributed by atoms with Gasteiger partial charge in [0, 0.05) is 7.11 Å². The van der Waals surface area contributed by atoms with Crippen LogP contribution in [0.15, 0.2) is 0 Å². The van der Waals surface area contributed by atoms with E-state index in [4.69, 9.17) is 9.84 Å². The maximum absolute atomic E-state index is 10.2. The van der Waals surface area contributed by atoms with E-state index >= 15 is 0 Å². The van der Waals surface area contributed by atoms with Crippen molar-refractivity contribution in [1.29, 1.82) is 0 Å². The van der Waals surface area contributed by atoms with Crippen molar-refractivity contribution in [2.75, 3.05) is 7.11 Å². The van der Waals surface area contributed by atoms with E-state index in [-0.39, 0.29) is 0 Å². The van der Waals surface area contributed by atoms with Gasteiger partial charge in [-0.3, -0.25) is 0 Å². The minimum absolute atomic E-state index is 1.19. The third-order valence-electron chi connectivity index (χ3n) is 1.98. The second-order valence-electron chi connectivity index (χ2n) is 2.96. The molecule has 1 heterocycles. The highest BCUT2D eigenvalue weighted by molar-refractivity contribution is 5.57. The van der Waals surface area contributed by atoms with E-state index in [0.717, 1.165) is 0 Å². The molecule has 1 rings (SSSR count). The zero-order chi connectivity index (χ0) is 11.6. The van der Waals surface area contributed by atoms with Crippen molar-refractivity contribution in [3.05, 3.63) is 0 Å². The van der Waals surface area contributed by atoms with Gasteiger partial charge in [0.05, 0.1) is 0 Å². The highest BCUT2D eigenvalue weighted by Crippen LogP contribution is 2.22. The standard InChI is InChI=1S/C7H12O8/c1-13-5-3(9)2(8)4(10)6(14-5)15-7(11)12/h2-6,8-10H,1H3,(H,11,12)/t2-,3-,4+,5+,6-/m1/s1. The van der Waals surface area contributed by atoms with Gasteiger partial charge in [0.1, 0.15) is 18.3 Å². The molecular formula is C7H12O8. The molecule has 0 spiro atoms. The molecule has 0 unspecified atom stereocenters. The SMILES string of the molecule is CO[C@H]1O[C@H](OC(=O)O)[C@@H](O)[C@H](O)[C@H]1O. The van der Waals surface area contributed by atoms with Crippen LogP contribution >= 0.6 is 0 Å².